The quantitative estimate of drug-likeness (QED) is 0.820. The van der Waals surface area contributed by atoms with E-state index in [-0.39, 0.29) is 5.56 Å². The number of aryl methyl sites for hydroxylation is 1. The third-order valence-electron chi connectivity index (χ3n) is 2.68. The van der Waals surface area contributed by atoms with Gasteiger partial charge in [0.1, 0.15) is 18.2 Å². The number of rotatable bonds is 5. The smallest absolute Gasteiger partial charge is 0.335 e. The zero-order valence-electron chi connectivity index (χ0n) is 10.3. The highest BCUT2D eigenvalue weighted by molar-refractivity contribution is 14.1. The predicted molar refractivity (Wildman–Crippen MR) is 78.4 cm³/mol. The summed E-state index contributed by atoms with van der Waals surface area (Å²) in [5, 5.41) is 8.96. The maximum atomic E-state index is 10.9. The van der Waals surface area contributed by atoms with Gasteiger partial charge in [0.15, 0.2) is 0 Å². The van der Waals surface area contributed by atoms with Crippen LogP contribution in [0.3, 0.4) is 0 Å². The van der Waals surface area contributed by atoms with Gasteiger partial charge in [-0.05, 0) is 47.7 Å². The fourth-order valence-corrected chi connectivity index (χ4v) is 2.15. The van der Waals surface area contributed by atoms with Gasteiger partial charge in [-0.15, -0.1) is 0 Å². The van der Waals surface area contributed by atoms with Gasteiger partial charge in [0.25, 0.3) is 0 Å². The van der Waals surface area contributed by atoms with E-state index in [2.05, 4.69) is 27.6 Å². The van der Waals surface area contributed by atoms with Crippen molar-refractivity contribution < 1.29 is 14.6 Å². The largest absolute Gasteiger partial charge is 0.485 e. The summed E-state index contributed by atoms with van der Waals surface area (Å²) in [6, 6.07) is 4.82. The molecule has 1 N–H and O–H groups in total. The normalized spacial score (nSPS) is 10.4. The number of aromatic carboxylic acids is 1. The molecule has 0 fully saturated rings. The van der Waals surface area contributed by atoms with Crippen LogP contribution >= 0.6 is 22.6 Å². The van der Waals surface area contributed by atoms with Crippen LogP contribution in [-0.2, 0) is 13.2 Å². The fourth-order valence-electron chi connectivity index (χ4n) is 1.66. The predicted octanol–water partition coefficient (Wildman–Crippen LogP) is 2.78. The van der Waals surface area contributed by atoms with E-state index in [0.29, 0.717) is 12.4 Å². The number of benzene rings is 1. The first-order valence-corrected chi connectivity index (χ1v) is 6.85. The molecule has 6 heteroatoms. The standard InChI is InChI=1S/C13H13IN2O3/c1-2-16-6-5-15-12(16)8-19-11-7-9(13(17)18)3-4-10(11)14/h3-7H,2,8H2,1H3,(H,17,18). The van der Waals surface area contributed by atoms with E-state index in [4.69, 9.17) is 9.84 Å². The monoisotopic (exact) mass is 372 g/mol. The first-order chi connectivity index (χ1) is 9.11. The summed E-state index contributed by atoms with van der Waals surface area (Å²) in [4.78, 5) is 15.1. The number of carbonyl (C=O) groups is 1. The molecule has 1 aromatic heterocycles. The molecule has 2 rings (SSSR count). The van der Waals surface area contributed by atoms with E-state index in [0.717, 1.165) is 15.9 Å². The van der Waals surface area contributed by atoms with Gasteiger partial charge in [-0.2, -0.15) is 0 Å². The molecule has 0 spiro atoms. The summed E-state index contributed by atoms with van der Waals surface area (Å²) in [5.41, 5.74) is 0.217. The van der Waals surface area contributed by atoms with Crippen molar-refractivity contribution in [2.45, 2.75) is 20.1 Å². The summed E-state index contributed by atoms with van der Waals surface area (Å²) in [7, 11) is 0. The number of hydrogen-bond acceptors (Lipinski definition) is 3. The average Bonchev–Trinajstić information content (AvgIpc) is 2.85. The summed E-state index contributed by atoms with van der Waals surface area (Å²) >= 11 is 2.11. The maximum absolute atomic E-state index is 10.9. The SMILES string of the molecule is CCn1ccnc1COc1cc(C(=O)O)ccc1I. The van der Waals surface area contributed by atoms with Gasteiger partial charge >= 0.3 is 5.97 Å². The Morgan fingerprint density at radius 1 is 1.53 bits per heavy atom. The number of aromatic nitrogens is 2. The molecule has 5 nitrogen and oxygen atoms in total. The molecule has 0 saturated heterocycles. The van der Waals surface area contributed by atoms with Crippen molar-refractivity contribution in [2.24, 2.45) is 0 Å². The topological polar surface area (TPSA) is 64.4 Å². The second-order valence-electron chi connectivity index (χ2n) is 3.87. The van der Waals surface area contributed by atoms with Gasteiger partial charge in [-0.1, -0.05) is 0 Å². The van der Waals surface area contributed by atoms with Crippen molar-refractivity contribution in [3.63, 3.8) is 0 Å². The average molecular weight is 372 g/mol. The molecular weight excluding hydrogens is 359 g/mol. The van der Waals surface area contributed by atoms with E-state index < -0.39 is 5.97 Å². The Balaban J connectivity index is 2.15. The lowest BCUT2D eigenvalue weighted by molar-refractivity contribution is 0.0696. The number of ether oxygens (including phenoxy) is 1. The van der Waals surface area contributed by atoms with E-state index in [1.165, 1.54) is 6.07 Å². The van der Waals surface area contributed by atoms with Crippen molar-refractivity contribution in [3.8, 4) is 5.75 Å². The van der Waals surface area contributed by atoms with E-state index in [1.54, 1.807) is 18.3 Å². The number of carboxylic acids is 1. The highest BCUT2D eigenvalue weighted by atomic mass is 127. The number of carboxylic acid groups (broad SMARTS) is 1. The molecule has 1 heterocycles. The highest BCUT2D eigenvalue weighted by Crippen LogP contribution is 2.23. The maximum Gasteiger partial charge on any atom is 0.335 e. The summed E-state index contributed by atoms with van der Waals surface area (Å²) < 4.78 is 8.51. The molecule has 0 aliphatic carbocycles. The molecule has 0 aliphatic heterocycles. The van der Waals surface area contributed by atoms with Crippen LogP contribution in [0.2, 0.25) is 0 Å². The Kier molecular flexibility index (Phi) is 4.41. The molecule has 0 atom stereocenters. The number of imidazole rings is 1. The van der Waals surface area contributed by atoms with Gasteiger partial charge in [-0.25, -0.2) is 9.78 Å². The lowest BCUT2D eigenvalue weighted by Gasteiger charge is -2.10. The molecular formula is C13H13IN2O3. The molecule has 0 radical (unpaired) electrons. The van der Waals surface area contributed by atoms with Crippen molar-refractivity contribution >= 4 is 28.6 Å². The van der Waals surface area contributed by atoms with E-state index in [9.17, 15) is 4.79 Å². The lowest BCUT2D eigenvalue weighted by atomic mass is 10.2. The van der Waals surface area contributed by atoms with Crippen LogP contribution < -0.4 is 4.74 Å². The molecule has 0 unspecified atom stereocenters. The molecule has 0 amide bonds. The Morgan fingerprint density at radius 2 is 2.32 bits per heavy atom. The summed E-state index contributed by atoms with van der Waals surface area (Å²) in [6.45, 7) is 3.17. The Bertz CT molecular complexity index is 595. The van der Waals surface area contributed by atoms with Crippen molar-refractivity contribution in [2.75, 3.05) is 0 Å². The van der Waals surface area contributed by atoms with Crippen LogP contribution in [0, 0.1) is 3.57 Å². The minimum absolute atomic E-state index is 0.217. The minimum Gasteiger partial charge on any atom is -0.485 e. The van der Waals surface area contributed by atoms with Crippen LogP contribution in [0.25, 0.3) is 0 Å². The summed E-state index contributed by atoms with van der Waals surface area (Å²) in [5.74, 6) is 0.418. The number of halogens is 1. The van der Waals surface area contributed by atoms with Crippen molar-refractivity contribution in [1.29, 1.82) is 0 Å². The second-order valence-corrected chi connectivity index (χ2v) is 5.03. The zero-order valence-corrected chi connectivity index (χ0v) is 12.5. The Labute approximate surface area is 124 Å². The first-order valence-electron chi connectivity index (χ1n) is 5.77. The third kappa shape index (κ3) is 3.25. The molecule has 100 valence electrons. The van der Waals surface area contributed by atoms with Gasteiger partial charge in [0.05, 0.1) is 9.13 Å². The molecule has 1 aromatic carbocycles. The van der Waals surface area contributed by atoms with Gasteiger partial charge in [0.2, 0.25) is 0 Å². The van der Waals surface area contributed by atoms with Gasteiger partial charge in [-0.3, -0.25) is 0 Å². The minimum atomic E-state index is -0.962. The number of nitrogens with zero attached hydrogens (tertiary/aromatic N) is 2. The van der Waals surface area contributed by atoms with Gasteiger partial charge < -0.3 is 14.4 Å². The molecule has 0 bridgehead atoms. The van der Waals surface area contributed by atoms with Crippen LogP contribution in [0.1, 0.15) is 23.1 Å². The van der Waals surface area contributed by atoms with Crippen LogP contribution in [-0.4, -0.2) is 20.6 Å². The van der Waals surface area contributed by atoms with Crippen LogP contribution in [0.4, 0.5) is 0 Å². The summed E-state index contributed by atoms with van der Waals surface area (Å²) in [6.07, 6.45) is 3.61. The lowest BCUT2D eigenvalue weighted by Crippen LogP contribution is -2.06. The van der Waals surface area contributed by atoms with E-state index in [1.807, 2.05) is 17.7 Å². The van der Waals surface area contributed by atoms with Crippen molar-refractivity contribution in [3.05, 3.63) is 45.6 Å². The van der Waals surface area contributed by atoms with Crippen LogP contribution in [0.15, 0.2) is 30.6 Å². The van der Waals surface area contributed by atoms with Crippen molar-refractivity contribution in [1.82, 2.24) is 9.55 Å². The third-order valence-corrected chi connectivity index (χ3v) is 3.57. The molecule has 19 heavy (non-hydrogen) atoms. The first kappa shape index (κ1) is 13.9. The Morgan fingerprint density at radius 3 is 3.00 bits per heavy atom. The Hall–Kier alpha value is -1.57. The fraction of sp³-hybridized carbons (Fsp3) is 0.231. The molecule has 0 saturated carbocycles. The van der Waals surface area contributed by atoms with Crippen LogP contribution in [0.5, 0.6) is 5.75 Å². The van der Waals surface area contributed by atoms with E-state index >= 15 is 0 Å². The van der Waals surface area contributed by atoms with Gasteiger partial charge in [0, 0.05) is 18.9 Å². The second kappa shape index (κ2) is 6.05. The molecule has 2 aromatic rings. The molecule has 0 aliphatic rings. The zero-order chi connectivity index (χ0) is 13.8. The number of hydrogen-bond donors (Lipinski definition) is 1. The highest BCUT2D eigenvalue weighted by Gasteiger charge is 2.09.